The number of nitrogens with two attached hydrogens (primary N) is 2. The molecule has 0 spiro atoms. The molecule has 0 saturated heterocycles. The summed E-state index contributed by atoms with van der Waals surface area (Å²) in [7, 11) is 0. The van der Waals surface area contributed by atoms with E-state index in [1.807, 2.05) is 0 Å². The topological polar surface area (TPSA) is 111 Å². The van der Waals surface area contributed by atoms with E-state index in [4.69, 9.17) is 11.5 Å². The Labute approximate surface area is 126 Å². The number of carbonyl (C=O) groups excluding carboxylic acids is 2. The lowest BCUT2D eigenvalue weighted by Gasteiger charge is -2.04. The van der Waals surface area contributed by atoms with Crippen LogP contribution in [0.15, 0.2) is 29.6 Å². The minimum absolute atomic E-state index is 0.183. The van der Waals surface area contributed by atoms with Gasteiger partial charge in [0.15, 0.2) is 0 Å². The molecule has 2 rings (SSSR count). The molecule has 5 N–H and O–H groups in total. The molecule has 2 amide bonds. The van der Waals surface area contributed by atoms with Crippen LogP contribution in [-0.4, -0.2) is 23.3 Å². The molecule has 0 aliphatic rings. The van der Waals surface area contributed by atoms with Gasteiger partial charge < -0.3 is 16.8 Å². The fourth-order valence-electron chi connectivity index (χ4n) is 1.76. The van der Waals surface area contributed by atoms with Crippen LogP contribution in [0.5, 0.6) is 0 Å². The summed E-state index contributed by atoms with van der Waals surface area (Å²) in [5, 5.41) is 5.31. The van der Waals surface area contributed by atoms with Crippen LogP contribution in [0.1, 0.15) is 21.1 Å². The molecule has 0 aliphatic heterocycles. The maximum absolute atomic E-state index is 12.0. The number of nitrogens with zero attached hydrogens (tertiary/aromatic N) is 1. The maximum Gasteiger partial charge on any atom is 0.275 e. The predicted octanol–water partition coefficient (Wildman–Crippen LogP) is 0.924. The summed E-state index contributed by atoms with van der Waals surface area (Å²) in [5.41, 5.74) is 12.4. The molecule has 7 heteroatoms. The fourth-order valence-corrected chi connectivity index (χ4v) is 2.55. The van der Waals surface area contributed by atoms with Crippen molar-refractivity contribution >= 4 is 28.8 Å². The van der Waals surface area contributed by atoms with Gasteiger partial charge in [-0.15, -0.1) is 11.3 Å². The van der Waals surface area contributed by atoms with Gasteiger partial charge in [0.25, 0.3) is 5.91 Å². The Morgan fingerprint density at radius 2 is 1.95 bits per heavy atom. The van der Waals surface area contributed by atoms with Crippen LogP contribution in [0.25, 0.3) is 0 Å². The van der Waals surface area contributed by atoms with Crippen molar-refractivity contribution in [3.05, 3.63) is 45.9 Å². The van der Waals surface area contributed by atoms with E-state index in [-0.39, 0.29) is 18.2 Å². The molecule has 1 aromatic heterocycles. The minimum Gasteiger partial charge on any atom is -0.369 e. The van der Waals surface area contributed by atoms with Gasteiger partial charge in [-0.05, 0) is 24.2 Å². The van der Waals surface area contributed by atoms with E-state index in [0.717, 1.165) is 10.6 Å². The van der Waals surface area contributed by atoms with Gasteiger partial charge in [-0.1, -0.05) is 12.1 Å². The highest BCUT2D eigenvalue weighted by Gasteiger charge is 2.10. The number of amides is 2. The standard InChI is InChI=1S/C14H16N4O2S/c15-6-5-13-18-11(8-21-13)14(20)17-10-3-1-9(2-4-10)7-12(16)19/h1-4,8H,5-7,15H2,(H2,16,19)(H,17,20). The van der Waals surface area contributed by atoms with E-state index in [1.165, 1.54) is 11.3 Å². The van der Waals surface area contributed by atoms with Crippen molar-refractivity contribution in [2.45, 2.75) is 12.8 Å². The van der Waals surface area contributed by atoms with Gasteiger partial charge in [0.05, 0.1) is 11.4 Å². The Balaban J connectivity index is 1.99. The van der Waals surface area contributed by atoms with E-state index in [0.29, 0.717) is 24.3 Å². The highest BCUT2D eigenvalue weighted by Crippen LogP contribution is 2.14. The lowest BCUT2D eigenvalue weighted by molar-refractivity contribution is -0.117. The molecule has 1 aromatic carbocycles. The Morgan fingerprint density at radius 3 is 2.57 bits per heavy atom. The zero-order valence-corrected chi connectivity index (χ0v) is 12.2. The SMILES string of the molecule is NCCc1nc(C(=O)Nc2ccc(CC(N)=O)cc2)cs1. The Hall–Kier alpha value is -2.25. The lowest BCUT2D eigenvalue weighted by Crippen LogP contribution is -2.14. The van der Waals surface area contributed by atoms with Gasteiger partial charge in [-0.3, -0.25) is 9.59 Å². The average molecular weight is 304 g/mol. The van der Waals surface area contributed by atoms with Crippen LogP contribution < -0.4 is 16.8 Å². The van der Waals surface area contributed by atoms with Gasteiger partial charge in [-0.2, -0.15) is 0 Å². The van der Waals surface area contributed by atoms with Crippen LogP contribution >= 0.6 is 11.3 Å². The molecule has 110 valence electrons. The summed E-state index contributed by atoms with van der Waals surface area (Å²) in [6.45, 7) is 0.510. The molecular weight excluding hydrogens is 288 g/mol. The summed E-state index contributed by atoms with van der Waals surface area (Å²) >= 11 is 1.42. The number of thiazole rings is 1. The Morgan fingerprint density at radius 1 is 1.24 bits per heavy atom. The smallest absolute Gasteiger partial charge is 0.275 e. The average Bonchev–Trinajstić information content (AvgIpc) is 2.89. The van der Waals surface area contributed by atoms with Crippen molar-refractivity contribution in [3.8, 4) is 0 Å². The first-order valence-corrected chi connectivity index (χ1v) is 7.29. The normalized spacial score (nSPS) is 10.3. The quantitative estimate of drug-likeness (QED) is 0.737. The van der Waals surface area contributed by atoms with Gasteiger partial charge in [0.2, 0.25) is 5.91 Å². The number of hydrogen-bond acceptors (Lipinski definition) is 5. The number of rotatable bonds is 6. The van der Waals surface area contributed by atoms with Crippen molar-refractivity contribution in [2.24, 2.45) is 11.5 Å². The first-order chi connectivity index (χ1) is 10.1. The van der Waals surface area contributed by atoms with Crippen LogP contribution in [0.2, 0.25) is 0 Å². The van der Waals surface area contributed by atoms with Crippen molar-refractivity contribution in [3.63, 3.8) is 0 Å². The monoisotopic (exact) mass is 304 g/mol. The molecule has 0 unspecified atom stereocenters. The predicted molar refractivity (Wildman–Crippen MR) is 82.2 cm³/mol. The molecule has 0 saturated carbocycles. The van der Waals surface area contributed by atoms with E-state index in [1.54, 1.807) is 29.6 Å². The number of carbonyl (C=O) groups is 2. The second-order valence-electron chi connectivity index (χ2n) is 4.46. The summed E-state index contributed by atoms with van der Waals surface area (Å²) in [4.78, 5) is 27.0. The lowest BCUT2D eigenvalue weighted by atomic mass is 10.1. The second kappa shape index (κ2) is 6.96. The zero-order chi connectivity index (χ0) is 15.2. The summed E-state index contributed by atoms with van der Waals surface area (Å²) in [6.07, 6.45) is 0.850. The molecular formula is C14H16N4O2S. The fraction of sp³-hybridized carbons (Fsp3) is 0.214. The Kier molecular flexibility index (Phi) is 5.02. The van der Waals surface area contributed by atoms with Gasteiger partial charge in [0.1, 0.15) is 5.69 Å². The van der Waals surface area contributed by atoms with Crippen LogP contribution in [0.3, 0.4) is 0 Å². The highest BCUT2D eigenvalue weighted by molar-refractivity contribution is 7.09. The molecule has 21 heavy (non-hydrogen) atoms. The first-order valence-electron chi connectivity index (χ1n) is 6.41. The molecule has 0 atom stereocenters. The van der Waals surface area contributed by atoms with Crippen molar-refractivity contribution in [1.82, 2.24) is 4.98 Å². The van der Waals surface area contributed by atoms with E-state index < -0.39 is 0 Å². The third kappa shape index (κ3) is 4.37. The first kappa shape index (κ1) is 15.1. The number of benzene rings is 1. The second-order valence-corrected chi connectivity index (χ2v) is 5.40. The largest absolute Gasteiger partial charge is 0.369 e. The van der Waals surface area contributed by atoms with Gasteiger partial charge in [0, 0.05) is 17.5 Å². The zero-order valence-electron chi connectivity index (χ0n) is 11.3. The van der Waals surface area contributed by atoms with Crippen LogP contribution in [-0.2, 0) is 17.6 Å². The van der Waals surface area contributed by atoms with E-state index in [2.05, 4.69) is 10.3 Å². The third-order valence-electron chi connectivity index (χ3n) is 2.73. The Bertz CT molecular complexity index is 637. The third-order valence-corrected chi connectivity index (χ3v) is 3.64. The highest BCUT2D eigenvalue weighted by atomic mass is 32.1. The summed E-state index contributed by atoms with van der Waals surface area (Å²) < 4.78 is 0. The summed E-state index contributed by atoms with van der Waals surface area (Å²) in [5.74, 6) is -0.654. The molecule has 0 bridgehead atoms. The van der Waals surface area contributed by atoms with Gasteiger partial charge >= 0.3 is 0 Å². The van der Waals surface area contributed by atoms with Crippen LogP contribution in [0.4, 0.5) is 5.69 Å². The molecule has 0 fully saturated rings. The van der Waals surface area contributed by atoms with Crippen molar-refractivity contribution in [2.75, 3.05) is 11.9 Å². The number of nitrogens with one attached hydrogen (secondary N) is 1. The molecule has 2 aromatic rings. The maximum atomic E-state index is 12.0. The number of aromatic nitrogens is 1. The molecule has 6 nitrogen and oxygen atoms in total. The van der Waals surface area contributed by atoms with E-state index >= 15 is 0 Å². The number of primary amides is 1. The van der Waals surface area contributed by atoms with Crippen molar-refractivity contribution in [1.29, 1.82) is 0 Å². The molecule has 0 aliphatic carbocycles. The van der Waals surface area contributed by atoms with E-state index in [9.17, 15) is 9.59 Å². The van der Waals surface area contributed by atoms with Crippen molar-refractivity contribution < 1.29 is 9.59 Å². The van der Waals surface area contributed by atoms with Crippen LogP contribution in [0, 0.1) is 0 Å². The molecule has 0 radical (unpaired) electrons. The minimum atomic E-state index is -0.387. The summed E-state index contributed by atoms with van der Waals surface area (Å²) in [6, 6.07) is 6.95. The number of anilines is 1. The molecule has 1 heterocycles. The number of hydrogen-bond donors (Lipinski definition) is 3. The van der Waals surface area contributed by atoms with Gasteiger partial charge in [-0.25, -0.2) is 4.98 Å².